The van der Waals surface area contributed by atoms with Gasteiger partial charge in [-0.15, -0.1) is 11.8 Å². The number of anilines is 1. The molecule has 4 rings (SSSR count). The van der Waals surface area contributed by atoms with E-state index in [1.54, 1.807) is 48.5 Å². The first-order valence-corrected chi connectivity index (χ1v) is 12.4. The van der Waals surface area contributed by atoms with Gasteiger partial charge in [-0.1, -0.05) is 30.3 Å². The fraction of sp³-hybridized carbons (Fsp3) is 0.222. The molecule has 0 spiro atoms. The van der Waals surface area contributed by atoms with Gasteiger partial charge in [0.2, 0.25) is 5.91 Å². The van der Waals surface area contributed by atoms with Gasteiger partial charge in [-0.25, -0.2) is 4.79 Å². The molecule has 1 aliphatic rings. The Labute approximate surface area is 208 Å². The molecule has 0 unspecified atom stereocenters. The first kappa shape index (κ1) is 24.3. The third-order valence-corrected chi connectivity index (χ3v) is 6.43. The third kappa shape index (κ3) is 7.10. The fourth-order valence-electron chi connectivity index (χ4n) is 3.60. The normalized spacial score (nSPS) is 12.7. The van der Waals surface area contributed by atoms with Crippen LogP contribution < -0.4 is 10.1 Å². The van der Waals surface area contributed by atoms with Crippen molar-refractivity contribution >= 4 is 35.2 Å². The van der Waals surface area contributed by atoms with Crippen molar-refractivity contribution in [2.24, 2.45) is 0 Å². The van der Waals surface area contributed by atoms with E-state index in [0.717, 1.165) is 31.7 Å². The topological polar surface area (TPSA) is 84.9 Å². The van der Waals surface area contributed by atoms with Gasteiger partial charge in [-0.05, 0) is 61.4 Å². The molecule has 0 bridgehead atoms. The molecule has 0 radical (unpaired) electrons. The van der Waals surface area contributed by atoms with Crippen LogP contribution in [0, 0.1) is 0 Å². The number of hydrogen-bond donors (Lipinski definition) is 1. The van der Waals surface area contributed by atoms with Gasteiger partial charge < -0.3 is 19.7 Å². The lowest BCUT2D eigenvalue weighted by molar-refractivity contribution is -0.127. The highest BCUT2D eigenvalue weighted by Gasteiger charge is 2.20. The number of carbonyl (C=O) groups is 3. The van der Waals surface area contributed by atoms with E-state index in [9.17, 15) is 14.4 Å². The van der Waals surface area contributed by atoms with Crippen LogP contribution in [-0.4, -0.2) is 48.1 Å². The van der Waals surface area contributed by atoms with Crippen molar-refractivity contribution in [3.63, 3.8) is 0 Å². The maximum Gasteiger partial charge on any atom is 0.339 e. The second-order valence-corrected chi connectivity index (χ2v) is 8.95. The summed E-state index contributed by atoms with van der Waals surface area (Å²) in [5, 5.41) is 2.70. The van der Waals surface area contributed by atoms with Crippen LogP contribution in [0.1, 0.15) is 23.2 Å². The number of ether oxygens (including phenoxy) is 2. The summed E-state index contributed by atoms with van der Waals surface area (Å²) in [6.45, 7) is 1.16. The number of rotatable bonds is 9. The van der Waals surface area contributed by atoms with Crippen LogP contribution >= 0.6 is 11.8 Å². The van der Waals surface area contributed by atoms with E-state index in [0.29, 0.717) is 21.9 Å². The molecule has 8 heteroatoms. The zero-order chi connectivity index (χ0) is 24.5. The Balaban J connectivity index is 1.26. The largest absolute Gasteiger partial charge is 0.457 e. The average Bonchev–Trinajstić information content (AvgIpc) is 3.43. The Morgan fingerprint density at radius 2 is 1.49 bits per heavy atom. The van der Waals surface area contributed by atoms with E-state index in [-0.39, 0.29) is 11.7 Å². The highest BCUT2D eigenvalue weighted by atomic mass is 32.2. The molecule has 1 N–H and O–H groups in total. The molecule has 0 saturated carbocycles. The van der Waals surface area contributed by atoms with E-state index in [1.165, 1.54) is 11.8 Å². The van der Waals surface area contributed by atoms with Crippen LogP contribution in [0.4, 0.5) is 5.69 Å². The number of para-hydroxylation sites is 1. The molecule has 180 valence electrons. The minimum Gasteiger partial charge on any atom is -0.457 e. The molecule has 2 amide bonds. The smallest absolute Gasteiger partial charge is 0.339 e. The summed E-state index contributed by atoms with van der Waals surface area (Å²) < 4.78 is 11.0. The number of benzene rings is 3. The Bertz CT molecular complexity index is 1160. The summed E-state index contributed by atoms with van der Waals surface area (Å²) in [6, 6.07) is 23.2. The molecule has 1 aliphatic heterocycles. The summed E-state index contributed by atoms with van der Waals surface area (Å²) in [4.78, 5) is 39.7. The summed E-state index contributed by atoms with van der Waals surface area (Å²) in [5.41, 5.74) is 0.893. The van der Waals surface area contributed by atoms with Gasteiger partial charge in [0.15, 0.2) is 6.61 Å². The number of nitrogens with zero attached hydrogens (tertiary/aromatic N) is 1. The molecule has 7 nitrogen and oxygen atoms in total. The minimum atomic E-state index is -0.608. The predicted molar refractivity (Wildman–Crippen MR) is 135 cm³/mol. The lowest BCUT2D eigenvalue weighted by atomic mass is 10.2. The molecular weight excluding hydrogens is 464 g/mol. The molecule has 1 fully saturated rings. The van der Waals surface area contributed by atoms with Crippen LogP contribution in [-0.2, 0) is 14.3 Å². The molecule has 0 aromatic heterocycles. The van der Waals surface area contributed by atoms with Crippen LogP contribution in [0.2, 0.25) is 0 Å². The van der Waals surface area contributed by atoms with Crippen LogP contribution in [0.25, 0.3) is 0 Å². The second-order valence-electron chi connectivity index (χ2n) is 7.94. The van der Waals surface area contributed by atoms with Crippen LogP contribution in [0.3, 0.4) is 0 Å². The summed E-state index contributed by atoms with van der Waals surface area (Å²) in [6.07, 6.45) is 2.07. The first-order valence-electron chi connectivity index (χ1n) is 11.4. The summed E-state index contributed by atoms with van der Waals surface area (Å²) >= 11 is 1.30. The van der Waals surface area contributed by atoms with Crippen molar-refractivity contribution in [3.8, 4) is 11.5 Å². The first-order chi connectivity index (χ1) is 17.1. The van der Waals surface area contributed by atoms with E-state index < -0.39 is 18.5 Å². The van der Waals surface area contributed by atoms with Gasteiger partial charge in [0.25, 0.3) is 5.91 Å². The minimum absolute atomic E-state index is 0.0650. The highest BCUT2D eigenvalue weighted by Crippen LogP contribution is 2.25. The summed E-state index contributed by atoms with van der Waals surface area (Å²) in [5.74, 6) is 0.616. The number of amides is 2. The van der Waals surface area contributed by atoms with Gasteiger partial charge in [-0.3, -0.25) is 9.59 Å². The predicted octanol–water partition coefficient (Wildman–Crippen LogP) is 4.99. The number of esters is 1. The van der Waals surface area contributed by atoms with Crippen molar-refractivity contribution in [1.82, 2.24) is 4.90 Å². The second kappa shape index (κ2) is 12.1. The molecule has 3 aromatic carbocycles. The lowest BCUT2D eigenvalue weighted by Crippen LogP contribution is -2.29. The number of thioether (sulfide) groups is 1. The zero-order valence-electron chi connectivity index (χ0n) is 19.1. The average molecular weight is 491 g/mol. The van der Waals surface area contributed by atoms with Gasteiger partial charge >= 0.3 is 5.97 Å². The maximum atomic E-state index is 12.6. The zero-order valence-corrected chi connectivity index (χ0v) is 20.0. The van der Waals surface area contributed by atoms with Crippen LogP contribution in [0.15, 0.2) is 83.8 Å². The van der Waals surface area contributed by atoms with Crippen molar-refractivity contribution in [1.29, 1.82) is 0 Å². The SMILES string of the molecule is O=C(COC(=O)c1ccccc1SCC(=O)N1CCCC1)Nc1ccc(Oc2ccccc2)cc1. The van der Waals surface area contributed by atoms with Crippen molar-refractivity contribution in [2.75, 3.05) is 30.8 Å². The maximum absolute atomic E-state index is 12.6. The van der Waals surface area contributed by atoms with Gasteiger partial charge in [0.1, 0.15) is 11.5 Å². The number of carbonyl (C=O) groups excluding carboxylic acids is 3. The van der Waals surface area contributed by atoms with Gasteiger partial charge in [0, 0.05) is 23.7 Å². The number of nitrogens with one attached hydrogen (secondary N) is 1. The van der Waals surface area contributed by atoms with Crippen molar-refractivity contribution in [2.45, 2.75) is 17.7 Å². The molecule has 0 atom stereocenters. The van der Waals surface area contributed by atoms with E-state index >= 15 is 0 Å². The number of likely N-dealkylation sites (tertiary alicyclic amines) is 1. The van der Waals surface area contributed by atoms with Crippen LogP contribution in [0.5, 0.6) is 11.5 Å². The Kier molecular flexibility index (Phi) is 8.40. The molecule has 35 heavy (non-hydrogen) atoms. The molecule has 1 heterocycles. The molecule has 3 aromatic rings. The van der Waals surface area contributed by atoms with E-state index in [4.69, 9.17) is 9.47 Å². The highest BCUT2D eigenvalue weighted by molar-refractivity contribution is 8.00. The standard InChI is InChI=1S/C27H26N2O5S/c30-25(28-20-12-14-22(15-13-20)34-21-8-2-1-3-9-21)18-33-27(32)23-10-4-5-11-24(23)35-19-26(31)29-16-6-7-17-29/h1-5,8-15H,6-7,16-19H2,(H,28,30). The Morgan fingerprint density at radius 3 is 2.23 bits per heavy atom. The molecule has 1 saturated heterocycles. The molecular formula is C27H26N2O5S. The summed E-state index contributed by atoms with van der Waals surface area (Å²) in [7, 11) is 0. The van der Waals surface area contributed by atoms with E-state index in [2.05, 4.69) is 5.32 Å². The number of hydrogen-bond acceptors (Lipinski definition) is 6. The van der Waals surface area contributed by atoms with Crippen molar-refractivity contribution < 1.29 is 23.9 Å². The third-order valence-electron chi connectivity index (χ3n) is 5.37. The van der Waals surface area contributed by atoms with Gasteiger partial charge in [0.05, 0.1) is 11.3 Å². The Hall–Kier alpha value is -3.78. The van der Waals surface area contributed by atoms with Gasteiger partial charge in [-0.2, -0.15) is 0 Å². The lowest BCUT2D eigenvalue weighted by Gasteiger charge is -2.15. The van der Waals surface area contributed by atoms with E-state index in [1.807, 2.05) is 35.2 Å². The quantitative estimate of drug-likeness (QED) is 0.336. The monoisotopic (exact) mass is 490 g/mol. The Morgan fingerprint density at radius 1 is 0.829 bits per heavy atom. The fourth-order valence-corrected chi connectivity index (χ4v) is 4.54. The molecule has 0 aliphatic carbocycles. The van der Waals surface area contributed by atoms with Crippen molar-refractivity contribution in [3.05, 3.63) is 84.4 Å².